The number of hydrogen-bond acceptors (Lipinski definition) is 2. The zero-order chi connectivity index (χ0) is 13.2. The zero-order valence-corrected chi connectivity index (χ0v) is 11.0. The molecule has 1 aliphatic rings. The Labute approximate surface area is 116 Å². The Bertz CT molecular complexity index is 640. The Morgan fingerprint density at radius 1 is 1.11 bits per heavy atom. The third-order valence-electron chi connectivity index (χ3n) is 3.18. The summed E-state index contributed by atoms with van der Waals surface area (Å²) < 4.78 is 0. The molecule has 1 amide bonds. The molecule has 4 heteroatoms. The summed E-state index contributed by atoms with van der Waals surface area (Å²) in [6.07, 6.45) is 0. The van der Waals surface area contributed by atoms with E-state index in [4.69, 9.17) is 11.6 Å². The van der Waals surface area contributed by atoms with Gasteiger partial charge in [0, 0.05) is 29.4 Å². The molecule has 3 nitrogen and oxygen atoms in total. The van der Waals surface area contributed by atoms with E-state index in [1.54, 1.807) is 12.1 Å². The highest BCUT2D eigenvalue weighted by molar-refractivity contribution is 6.30. The molecule has 0 bridgehead atoms. The number of hydrogen-bond donors (Lipinski definition) is 2. The van der Waals surface area contributed by atoms with Crippen LogP contribution in [0.3, 0.4) is 0 Å². The van der Waals surface area contributed by atoms with Gasteiger partial charge in [-0.25, -0.2) is 0 Å². The lowest BCUT2D eigenvalue weighted by molar-refractivity contribution is 0.102. The molecule has 0 radical (unpaired) electrons. The summed E-state index contributed by atoms with van der Waals surface area (Å²) in [4.78, 5) is 12.2. The summed E-state index contributed by atoms with van der Waals surface area (Å²) >= 11 is 5.89. The van der Waals surface area contributed by atoms with Gasteiger partial charge in [-0.2, -0.15) is 0 Å². The van der Waals surface area contributed by atoms with Crippen LogP contribution in [0.25, 0.3) is 0 Å². The molecular formula is C15H13ClN2O. The SMILES string of the molecule is O=C(Nc1cccc(Cl)c1)c1ccc2c(c1)CNC2. The van der Waals surface area contributed by atoms with Crippen LogP contribution in [0.4, 0.5) is 5.69 Å². The average molecular weight is 273 g/mol. The van der Waals surface area contributed by atoms with Crippen molar-refractivity contribution in [3.8, 4) is 0 Å². The molecule has 96 valence electrons. The molecule has 0 aliphatic carbocycles. The second-order valence-corrected chi connectivity index (χ2v) is 4.99. The molecule has 0 spiro atoms. The summed E-state index contributed by atoms with van der Waals surface area (Å²) in [5, 5.41) is 6.72. The van der Waals surface area contributed by atoms with Gasteiger partial charge in [0.15, 0.2) is 0 Å². The first-order chi connectivity index (χ1) is 9.22. The molecule has 2 aromatic carbocycles. The van der Waals surface area contributed by atoms with E-state index in [1.807, 2.05) is 30.3 Å². The maximum atomic E-state index is 12.2. The Morgan fingerprint density at radius 2 is 1.95 bits per heavy atom. The van der Waals surface area contributed by atoms with Crippen molar-refractivity contribution in [1.82, 2.24) is 5.32 Å². The van der Waals surface area contributed by atoms with Crippen LogP contribution in [0, 0.1) is 0 Å². The van der Waals surface area contributed by atoms with Crippen LogP contribution in [-0.2, 0) is 13.1 Å². The molecule has 0 fully saturated rings. The lowest BCUT2D eigenvalue weighted by Crippen LogP contribution is -2.12. The number of fused-ring (bicyclic) bond motifs is 1. The Kier molecular flexibility index (Phi) is 3.23. The van der Waals surface area contributed by atoms with Crippen molar-refractivity contribution in [2.75, 3.05) is 5.32 Å². The van der Waals surface area contributed by atoms with Gasteiger partial charge in [0.2, 0.25) is 0 Å². The van der Waals surface area contributed by atoms with Crippen LogP contribution in [-0.4, -0.2) is 5.91 Å². The van der Waals surface area contributed by atoms with Crippen LogP contribution in [0.5, 0.6) is 0 Å². The molecular weight excluding hydrogens is 260 g/mol. The number of carbonyl (C=O) groups is 1. The fraction of sp³-hybridized carbons (Fsp3) is 0.133. The Balaban J connectivity index is 1.81. The van der Waals surface area contributed by atoms with Gasteiger partial charge in [-0.05, 0) is 41.5 Å². The minimum absolute atomic E-state index is 0.114. The lowest BCUT2D eigenvalue weighted by Gasteiger charge is -2.07. The summed E-state index contributed by atoms with van der Waals surface area (Å²) in [7, 11) is 0. The van der Waals surface area contributed by atoms with Crippen molar-refractivity contribution in [1.29, 1.82) is 0 Å². The molecule has 0 aromatic heterocycles. The van der Waals surface area contributed by atoms with E-state index in [9.17, 15) is 4.79 Å². The minimum Gasteiger partial charge on any atom is -0.322 e. The Hall–Kier alpha value is -1.84. The number of benzene rings is 2. The number of carbonyl (C=O) groups excluding carboxylic acids is 1. The highest BCUT2D eigenvalue weighted by Gasteiger charge is 2.13. The quantitative estimate of drug-likeness (QED) is 0.881. The van der Waals surface area contributed by atoms with Crippen molar-refractivity contribution in [2.45, 2.75) is 13.1 Å². The van der Waals surface area contributed by atoms with Crippen LogP contribution in [0.1, 0.15) is 21.5 Å². The highest BCUT2D eigenvalue weighted by atomic mass is 35.5. The molecule has 19 heavy (non-hydrogen) atoms. The van der Waals surface area contributed by atoms with E-state index >= 15 is 0 Å². The molecule has 3 rings (SSSR count). The van der Waals surface area contributed by atoms with Crippen molar-refractivity contribution in [3.63, 3.8) is 0 Å². The van der Waals surface area contributed by atoms with Crippen LogP contribution >= 0.6 is 11.6 Å². The molecule has 2 aromatic rings. The largest absolute Gasteiger partial charge is 0.322 e. The van der Waals surface area contributed by atoms with Gasteiger partial charge >= 0.3 is 0 Å². The first-order valence-corrected chi connectivity index (χ1v) is 6.49. The maximum absolute atomic E-state index is 12.2. The smallest absolute Gasteiger partial charge is 0.255 e. The van der Waals surface area contributed by atoms with Crippen molar-refractivity contribution >= 4 is 23.2 Å². The first kappa shape index (κ1) is 12.2. The van der Waals surface area contributed by atoms with Gasteiger partial charge in [-0.1, -0.05) is 23.7 Å². The average Bonchev–Trinajstić information content (AvgIpc) is 2.85. The van der Waals surface area contributed by atoms with Crippen LogP contribution < -0.4 is 10.6 Å². The van der Waals surface area contributed by atoms with Crippen LogP contribution in [0.15, 0.2) is 42.5 Å². The number of amides is 1. The fourth-order valence-electron chi connectivity index (χ4n) is 2.21. The van der Waals surface area contributed by atoms with E-state index in [1.165, 1.54) is 11.1 Å². The van der Waals surface area contributed by atoms with E-state index in [2.05, 4.69) is 10.6 Å². The van der Waals surface area contributed by atoms with E-state index in [0.29, 0.717) is 16.3 Å². The second-order valence-electron chi connectivity index (χ2n) is 4.55. The second kappa shape index (κ2) is 5.03. The van der Waals surface area contributed by atoms with E-state index in [-0.39, 0.29) is 5.91 Å². The van der Waals surface area contributed by atoms with E-state index in [0.717, 1.165) is 13.1 Å². The highest BCUT2D eigenvalue weighted by Crippen LogP contribution is 2.19. The zero-order valence-electron chi connectivity index (χ0n) is 10.2. The fourth-order valence-corrected chi connectivity index (χ4v) is 2.40. The van der Waals surface area contributed by atoms with Crippen molar-refractivity contribution in [3.05, 3.63) is 64.2 Å². The summed E-state index contributed by atoms with van der Waals surface area (Å²) in [6, 6.07) is 12.9. The first-order valence-electron chi connectivity index (χ1n) is 6.12. The number of halogens is 1. The molecule has 2 N–H and O–H groups in total. The third kappa shape index (κ3) is 2.62. The van der Waals surface area contributed by atoms with Crippen molar-refractivity contribution < 1.29 is 4.79 Å². The van der Waals surface area contributed by atoms with Gasteiger partial charge < -0.3 is 10.6 Å². The Morgan fingerprint density at radius 3 is 2.79 bits per heavy atom. The topological polar surface area (TPSA) is 41.1 Å². The standard InChI is InChI=1S/C15H13ClN2O/c16-13-2-1-3-14(7-13)18-15(19)10-4-5-11-8-17-9-12(11)6-10/h1-7,17H,8-9H2,(H,18,19). The molecule has 1 heterocycles. The number of rotatable bonds is 2. The third-order valence-corrected chi connectivity index (χ3v) is 3.42. The van der Waals surface area contributed by atoms with Crippen LogP contribution in [0.2, 0.25) is 5.02 Å². The predicted molar refractivity (Wildman–Crippen MR) is 76.4 cm³/mol. The van der Waals surface area contributed by atoms with Gasteiger partial charge in [-0.15, -0.1) is 0 Å². The van der Waals surface area contributed by atoms with Gasteiger partial charge in [0.1, 0.15) is 0 Å². The van der Waals surface area contributed by atoms with Gasteiger partial charge in [0.25, 0.3) is 5.91 Å². The molecule has 0 unspecified atom stereocenters. The monoisotopic (exact) mass is 272 g/mol. The normalized spacial score (nSPS) is 13.1. The maximum Gasteiger partial charge on any atom is 0.255 e. The summed E-state index contributed by atoms with van der Waals surface area (Å²) in [6.45, 7) is 1.71. The molecule has 0 saturated heterocycles. The van der Waals surface area contributed by atoms with Gasteiger partial charge in [0.05, 0.1) is 0 Å². The van der Waals surface area contributed by atoms with Crippen molar-refractivity contribution in [2.24, 2.45) is 0 Å². The lowest BCUT2D eigenvalue weighted by atomic mass is 10.1. The van der Waals surface area contributed by atoms with Gasteiger partial charge in [-0.3, -0.25) is 4.79 Å². The van der Waals surface area contributed by atoms with E-state index < -0.39 is 0 Å². The number of nitrogens with one attached hydrogen (secondary N) is 2. The molecule has 0 saturated carbocycles. The summed E-state index contributed by atoms with van der Waals surface area (Å²) in [5.41, 5.74) is 3.83. The molecule has 0 atom stereocenters. The predicted octanol–water partition coefficient (Wildman–Crippen LogP) is 3.20. The number of anilines is 1. The molecule has 1 aliphatic heterocycles. The summed E-state index contributed by atoms with van der Waals surface area (Å²) in [5.74, 6) is -0.114. The minimum atomic E-state index is -0.114.